The number of aliphatic hydroxyl groups excluding tert-OH is 1. The number of nitrogens with zero attached hydrogens (tertiary/aromatic N) is 1. The first-order valence-electron chi connectivity index (χ1n) is 11.4. The minimum Gasteiger partial charge on any atom is -0.486 e. The number of sulfone groups is 1. The third kappa shape index (κ3) is 7.42. The monoisotopic (exact) mass is 540 g/mol. The number of hydrogen-bond donors (Lipinski definition) is 2. The van der Waals surface area contributed by atoms with Crippen LogP contribution in [-0.2, 0) is 31.1 Å². The molecule has 2 aromatic rings. The van der Waals surface area contributed by atoms with Crippen molar-refractivity contribution in [3.8, 4) is 11.5 Å². The van der Waals surface area contributed by atoms with E-state index in [1.54, 1.807) is 0 Å². The molecule has 0 saturated heterocycles. The lowest BCUT2D eigenvalue weighted by Gasteiger charge is -2.29. The minimum atomic E-state index is -4.00. The van der Waals surface area contributed by atoms with E-state index in [4.69, 9.17) is 9.47 Å². The Labute approximate surface area is 212 Å². The number of fused-ring (bicyclic) bond motifs is 1. The van der Waals surface area contributed by atoms with Crippen molar-refractivity contribution in [1.29, 1.82) is 0 Å². The Balaban J connectivity index is 1.77. The van der Waals surface area contributed by atoms with Crippen molar-refractivity contribution >= 4 is 25.8 Å². The Morgan fingerprint density at radius 3 is 2.33 bits per heavy atom. The summed E-state index contributed by atoms with van der Waals surface area (Å²) in [6.07, 6.45) is -0.0150. The second-order valence-electron chi connectivity index (χ2n) is 8.96. The number of nitrogens with one attached hydrogen (secondary N) is 1. The predicted molar refractivity (Wildman–Crippen MR) is 134 cm³/mol. The predicted octanol–water partition coefficient (Wildman–Crippen LogP) is 0.847. The maximum Gasteiger partial charge on any atom is 0.243 e. The van der Waals surface area contributed by atoms with E-state index < -0.39 is 43.8 Å². The van der Waals surface area contributed by atoms with Gasteiger partial charge in [-0.25, -0.2) is 16.8 Å². The number of carbonyl (C=O) groups excluding carboxylic acids is 1. The molecule has 1 heterocycles. The molecule has 0 aliphatic carbocycles. The van der Waals surface area contributed by atoms with Crippen LogP contribution in [0, 0.1) is 5.92 Å². The van der Waals surface area contributed by atoms with E-state index in [9.17, 15) is 26.7 Å². The summed E-state index contributed by atoms with van der Waals surface area (Å²) in [5.74, 6) is -0.949. The molecule has 0 saturated carbocycles. The Morgan fingerprint density at radius 2 is 1.69 bits per heavy atom. The van der Waals surface area contributed by atoms with Crippen molar-refractivity contribution < 1.29 is 36.2 Å². The summed E-state index contributed by atoms with van der Waals surface area (Å²) in [5.41, 5.74) is 0.815. The van der Waals surface area contributed by atoms with Crippen LogP contribution in [0.1, 0.15) is 12.5 Å². The molecule has 0 bridgehead atoms. The number of aliphatic hydroxyl groups is 1. The fourth-order valence-corrected chi connectivity index (χ4v) is 6.12. The fourth-order valence-electron chi connectivity index (χ4n) is 3.86. The van der Waals surface area contributed by atoms with Gasteiger partial charge in [-0.15, -0.1) is 0 Å². The molecule has 0 fully saturated rings. The van der Waals surface area contributed by atoms with E-state index in [2.05, 4.69) is 5.32 Å². The maximum absolute atomic E-state index is 13.2. The number of hydrogen-bond acceptors (Lipinski definition) is 8. The van der Waals surface area contributed by atoms with Crippen LogP contribution in [0.25, 0.3) is 0 Å². The Hall–Kier alpha value is -2.67. The van der Waals surface area contributed by atoms with E-state index in [0.717, 1.165) is 16.1 Å². The minimum absolute atomic E-state index is 0.0214. The van der Waals surface area contributed by atoms with Gasteiger partial charge in [-0.1, -0.05) is 37.3 Å². The highest BCUT2D eigenvalue weighted by molar-refractivity contribution is 7.90. The van der Waals surface area contributed by atoms with Crippen LogP contribution in [0.3, 0.4) is 0 Å². The Bertz CT molecular complexity index is 1270. The molecule has 1 amide bonds. The van der Waals surface area contributed by atoms with Gasteiger partial charge < -0.3 is 19.9 Å². The number of sulfonamides is 1. The summed E-state index contributed by atoms with van der Waals surface area (Å²) in [6, 6.07) is 12.5. The topological polar surface area (TPSA) is 139 Å². The average Bonchev–Trinajstić information content (AvgIpc) is 2.82. The molecule has 0 spiro atoms. The van der Waals surface area contributed by atoms with Crippen molar-refractivity contribution in [3.05, 3.63) is 54.1 Å². The van der Waals surface area contributed by atoms with E-state index in [0.29, 0.717) is 24.7 Å². The third-order valence-electron chi connectivity index (χ3n) is 5.76. The Morgan fingerprint density at radius 1 is 1.06 bits per heavy atom. The van der Waals surface area contributed by atoms with Crippen LogP contribution in [0.5, 0.6) is 11.5 Å². The van der Waals surface area contributed by atoms with Crippen molar-refractivity contribution in [2.24, 2.45) is 5.92 Å². The van der Waals surface area contributed by atoms with Gasteiger partial charge in [0.2, 0.25) is 15.9 Å². The molecule has 0 radical (unpaired) electrons. The van der Waals surface area contributed by atoms with E-state index >= 15 is 0 Å². The normalized spacial score (nSPS) is 16.2. The smallest absolute Gasteiger partial charge is 0.243 e. The highest BCUT2D eigenvalue weighted by Gasteiger charge is 2.30. The van der Waals surface area contributed by atoms with Gasteiger partial charge in [0.1, 0.15) is 23.1 Å². The zero-order valence-corrected chi connectivity index (χ0v) is 22.1. The number of carbonyl (C=O) groups is 1. The molecule has 2 aromatic carbocycles. The van der Waals surface area contributed by atoms with Gasteiger partial charge in [0.05, 0.1) is 22.8 Å². The molecular formula is C24H32N2O8S2. The van der Waals surface area contributed by atoms with Gasteiger partial charge in [0, 0.05) is 31.8 Å². The molecule has 2 N–H and O–H groups in total. The zero-order valence-electron chi connectivity index (χ0n) is 20.5. The van der Waals surface area contributed by atoms with Crippen LogP contribution >= 0.6 is 0 Å². The first kappa shape index (κ1) is 27.9. The lowest BCUT2D eigenvalue weighted by atomic mass is 10.00. The van der Waals surface area contributed by atoms with Crippen LogP contribution in [0.4, 0.5) is 0 Å². The summed E-state index contributed by atoms with van der Waals surface area (Å²) >= 11 is 0. The molecular weight excluding hydrogens is 508 g/mol. The summed E-state index contributed by atoms with van der Waals surface area (Å²) < 4.78 is 61.5. The van der Waals surface area contributed by atoms with Crippen LogP contribution in [0.15, 0.2) is 53.4 Å². The molecule has 1 aliphatic rings. The molecule has 0 aromatic heterocycles. The second-order valence-corrected chi connectivity index (χ2v) is 13.2. The van der Waals surface area contributed by atoms with Crippen LogP contribution in [0.2, 0.25) is 0 Å². The summed E-state index contributed by atoms with van der Waals surface area (Å²) in [5, 5.41) is 13.7. The van der Waals surface area contributed by atoms with E-state index in [-0.39, 0.29) is 23.6 Å². The number of ether oxygens (including phenoxy) is 2. The quantitative estimate of drug-likeness (QED) is 0.428. The van der Waals surface area contributed by atoms with Crippen molar-refractivity contribution in [2.45, 2.75) is 30.4 Å². The molecule has 36 heavy (non-hydrogen) atoms. The first-order valence-corrected chi connectivity index (χ1v) is 14.9. The zero-order chi connectivity index (χ0) is 26.5. The molecule has 12 heteroatoms. The largest absolute Gasteiger partial charge is 0.486 e. The molecule has 10 nitrogen and oxygen atoms in total. The molecule has 3 rings (SSSR count). The second kappa shape index (κ2) is 11.6. The highest BCUT2D eigenvalue weighted by Crippen LogP contribution is 2.33. The van der Waals surface area contributed by atoms with Crippen LogP contribution < -0.4 is 14.8 Å². The average molecular weight is 541 g/mol. The summed E-state index contributed by atoms with van der Waals surface area (Å²) in [7, 11) is -6.05. The van der Waals surface area contributed by atoms with Gasteiger partial charge in [-0.3, -0.25) is 4.79 Å². The molecule has 3 atom stereocenters. The lowest BCUT2D eigenvalue weighted by molar-refractivity contribution is -0.125. The molecule has 198 valence electrons. The third-order valence-corrected chi connectivity index (χ3v) is 8.68. The van der Waals surface area contributed by atoms with Gasteiger partial charge in [0.25, 0.3) is 0 Å². The number of benzene rings is 2. The maximum atomic E-state index is 13.2. The summed E-state index contributed by atoms with van der Waals surface area (Å²) in [4.78, 5) is 12.7. The number of rotatable bonds is 11. The van der Waals surface area contributed by atoms with E-state index in [1.165, 1.54) is 32.2 Å². The number of amides is 1. The molecule has 0 unspecified atom stereocenters. The van der Waals surface area contributed by atoms with Crippen LogP contribution in [-0.4, -0.2) is 83.1 Å². The SMILES string of the molecule is C[C@H](CS(C)(=O)=O)C(=O)N[C@@H](Cc1ccccc1)[C@H](O)CN(C)S(=O)(=O)c1ccc2c(c1)OCCO2. The van der Waals surface area contributed by atoms with Gasteiger partial charge in [-0.2, -0.15) is 4.31 Å². The lowest BCUT2D eigenvalue weighted by Crippen LogP contribution is -2.51. The van der Waals surface area contributed by atoms with Crippen molar-refractivity contribution in [1.82, 2.24) is 9.62 Å². The van der Waals surface area contributed by atoms with Gasteiger partial charge in [-0.05, 0) is 24.1 Å². The van der Waals surface area contributed by atoms with E-state index in [1.807, 2.05) is 30.3 Å². The van der Waals surface area contributed by atoms with Crippen molar-refractivity contribution in [3.63, 3.8) is 0 Å². The van der Waals surface area contributed by atoms with Gasteiger partial charge in [0.15, 0.2) is 11.5 Å². The Kier molecular flexibility index (Phi) is 8.98. The highest BCUT2D eigenvalue weighted by atomic mass is 32.2. The summed E-state index contributed by atoms with van der Waals surface area (Å²) in [6.45, 7) is 1.86. The number of likely N-dealkylation sites (N-methyl/N-ethyl adjacent to an activating group) is 1. The first-order chi connectivity index (χ1) is 16.9. The fraction of sp³-hybridized carbons (Fsp3) is 0.458. The van der Waals surface area contributed by atoms with Crippen molar-refractivity contribution in [2.75, 3.05) is 38.8 Å². The standard InChI is InChI=1S/C24H32N2O8S2/c1-17(16-35(3,29)30)24(28)25-20(13-18-7-5-4-6-8-18)21(27)15-26(2)36(31,32)19-9-10-22-23(14-19)34-12-11-33-22/h4-10,14,17,20-21,27H,11-13,15-16H2,1-3H3,(H,25,28)/t17-,20+,21-/m1/s1. The molecule has 1 aliphatic heterocycles. The van der Waals surface area contributed by atoms with Gasteiger partial charge >= 0.3 is 0 Å².